The van der Waals surface area contributed by atoms with E-state index in [9.17, 15) is 14.4 Å². The third kappa shape index (κ3) is 13.5. The number of piperidine rings is 2. The molecule has 8 heterocycles. The van der Waals surface area contributed by atoms with E-state index in [0.29, 0.717) is 57.9 Å². The average Bonchev–Trinajstić information content (AvgIpc) is 4.40. The van der Waals surface area contributed by atoms with Crippen molar-refractivity contribution in [2.45, 2.75) is 104 Å². The predicted molar refractivity (Wildman–Crippen MR) is 321 cm³/mol. The Balaban J connectivity index is 0.000000173. The summed E-state index contributed by atoms with van der Waals surface area (Å²) in [6.45, 7) is 20.0. The largest absolute Gasteiger partial charge is 0.486 e. The molecule has 2 saturated heterocycles. The summed E-state index contributed by atoms with van der Waals surface area (Å²) in [5.74, 6) is 3.13. The van der Waals surface area contributed by atoms with Gasteiger partial charge in [0.1, 0.15) is 42.0 Å². The first kappa shape index (κ1) is 55.8. The molecule has 81 heavy (non-hydrogen) atoms. The van der Waals surface area contributed by atoms with E-state index < -0.39 is 5.60 Å². The SMILES string of the molecule is Cc1ccc2c(-c3nccs3)cc(=O)n(CCN3CCC(N(Cc4ccc5c(c4)OCCO5)C(=O)OC(C)(C)C)CC3)c2c1.Cc1ccc2c(-c3nccs3)cc(=O)n(CCN3CCC(NCc4ccc5c(c4)OCCO5)CC3)c2c1. The summed E-state index contributed by atoms with van der Waals surface area (Å²) in [7, 11) is 0. The fraction of sp³-hybridized carbons (Fsp3) is 0.413. The van der Waals surface area contributed by atoms with Gasteiger partial charge in [-0.05, 0) is 132 Å². The number of amides is 1. The van der Waals surface area contributed by atoms with Crippen LogP contribution in [0.15, 0.2) is 118 Å². The summed E-state index contributed by atoms with van der Waals surface area (Å²) in [6.07, 6.45) is 7.10. The van der Waals surface area contributed by atoms with Crippen LogP contribution < -0.4 is 35.4 Å². The van der Waals surface area contributed by atoms with Gasteiger partial charge in [-0.2, -0.15) is 0 Å². The molecule has 0 radical (unpaired) electrons. The maximum absolute atomic E-state index is 13.4. The monoisotopic (exact) mass is 1130 g/mol. The molecule has 0 aliphatic carbocycles. The van der Waals surface area contributed by atoms with E-state index in [1.54, 1.807) is 47.2 Å². The molecule has 1 amide bonds. The lowest BCUT2D eigenvalue weighted by Gasteiger charge is -2.39. The van der Waals surface area contributed by atoms with Gasteiger partial charge in [-0.3, -0.25) is 9.59 Å². The highest BCUT2D eigenvalue weighted by molar-refractivity contribution is 7.13. The van der Waals surface area contributed by atoms with Crippen molar-refractivity contribution in [1.29, 1.82) is 0 Å². The van der Waals surface area contributed by atoms with Crippen LogP contribution in [0.5, 0.6) is 23.0 Å². The number of likely N-dealkylation sites (tertiary alicyclic amines) is 2. The molecule has 0 spiro atoms. The molecule has 4 aromatic heterocycles. The number of carbonyl (C=O) groups is 1. The van der Waals surface area contributed by atoms with Gasteiger partial charge in [-0.15, -0.1) is 22.7 Å². The normalized spacial score (nSPS) is 16.1. The maximum Gasteiger partial charge on any atom is 0.410 e. The van der Waals surface area contributed by atoms with Gasteiger partial charge in [-0.25, -0.2) is 14.8 Å². The number of carbonyl (C=O) groups excluding carboxylic acids is 1. The average molecular weight is 1130 g/mol. The zero-order valence-corrected chi connectivity index (χ0v) is 48.6. The van der Waals surface area contributed by atoms with Crippen LogP contribution >= 0.6 is 22.7 Å². The van der Waals surface area contributed by atoms with E-state index in [0.717, 1.165) is 148 Å². The molecular weight excluding hydrogens is 1060 g/mol. The quantitative estimate of drug-likeness (QED) is 0.110. The Bertz CT molecular complexity index is 3600. The Labute approximate surface area is 480 Å². The first-order valence-electron chi connectivity index (χ1n) is 28.3. The number of hydrogen-bond donors (Lipinski definition) is 1. The van der Waals surface area contributed by atoms with Crippen molar-refractivity contribution in [2.24, 2.45) is 0 Å². The summed E-state index contributed by atoms with van der Waals surface area (Å²) < 4.78 is 32.5. The van der Waals surface area contributed by atoms with Crippen molar-refractivity contribution in [1.82, 2.24) is 39.1 Å². The van der Waals surface area contributed by atoms with Crippen LogP contribution in [0.1, 0.15) is 68.7 Å². The molecule has 4 aliphatic rings. The Kier molecular flexibility index (Phi) is 17.2. The second-order valence-corrected chi connectivity index (χ2v) is 24.2. The second kappa shape index (κ2) is 25.0. The topological polar surface area (TPSA) is 155 Å². The third-order valence-corrected chi connectivity index (χ3v) is 17.1. The number of hydrogen-bond acceptors (Lipinski definition) is 15. The van der Waals surface area contributed by atoms with Crippen molar-refractivity contribution in [3.8, 4) is 44.1 Å². The molecule has 0 atom stereocenters. The van der Waals surface area contributed by atoms with Crippen LogP contribution in [0.4, 0.5) is 4.79 Å². The van der Waals surface area contributed by atoms with Gasteiger partial charge in [0.25, 0.3) is 11.1 Å². The van der Waals surface area contributed by atoms with Crippen LogP contribution in [0.3, 0.4) is 0 Å². The molecule has 4 aromatic carbocycles. The Morgan fingerprint density at radius 1 is 0.617 bits per heavy atom. The van der Waals surface area contributed by atoms with Crippen LogP contribution in [0, 0.1) is 13.8 Å². The van der Waals surface area contributed by atoms with Gasteiger partial charge in [-0.1, -0.05) is 36.4 Å². The summed E-state index contributed by atoms with van der Waals surface area (Å²) in [5, 5.41) is 11.5. The number of thiazole rings is 2. The van der Waals surface area contributed by atoms with Gasteiger partial charge in [0.15, 0.2) is 23.0 Å². The summed E-state index contributed by atoms with van der Waals surface area (Å²) >= 11 is 3.11. The van der Waals surface area contributed by atoms with Crippen LogP contribution in [-0.4, -0.2) is 123 Å². The van der Waals surface area contributed by atoms with E-state index in [-0.39, 0.29) is 23.3 Å². The Morgan fingerprint density at radius 3 is 1.59 bits per heavy atom. The van der Waals surface area contributed by atoms with Gasteiger partial charge in [0, 0.05) is 122 Å². The number of nitrogens with one attached hydrogen (secondary N) is 1. The number of aromatic nitrogens is 4. The molecule has 12 rings (SSSR count). The lowest BCUT2D eigenvalue weighted by atomic mass is 10.0. The third-order valence-electron chi connectivity index (χ3n) is 15.5. The summed E-state index contributed by atoms with van der Waals surface area (Å²) in [6, 6.07) is 28.7. The number of ether oxygens (including phenoxy) is 5. The van der Waals surface area contributed by atoms with E-state index in [2.05, 4.69) is 87.5 Å². The van der Waals surface area contributed by atoms with E-state index >= 15 is 0 Å². The summed E-state index contributed by atoms with van der Waals surface area (Å²) in [5.41, 5.74) is 7.64. The Hall–Kier alpha value is -7.09. The lowest BCUT2D eigenvalue weighted by Crippen LogP contribution is -2.49. The number of nitrogens with zero attached hydrogens (tertiary/aromatic N) is 7. The molecule has 2 fully saturated rings. The van der Waals surface area contributed by atoms with E-state index in [4.69, 9.17) is 23.7 Å². The van der Waals surface area contributed by atoms with Gasteiger partial charge in [0.2, 0.25) is 0 Å². The second-order valence-electron chi connectivity index (χ2n) is 22.4. The molecule has 0 unspecified atom stereocenters. The standard InChI is InChI=1S/C34H40N4O5S.C29H32N4O3S/c1-23-5-7-26-27(32-35-11-18-44-32)21-31(39)37(28(26)19-23)15-14-36-12-9-25(10-13-36)38(33(40)43-34(2,3)4)22-24-6-8-29-30(20-24)42-17-16-41-29;1-20-2-4-23-24(29-30-8-15-37-29)18-28(34)33(25(23)16-20)12-11-32-9-6-22(7-10-32)31-19-21-3-5-26-27(17-21)36-14-13-35-26/h5-8,11,18-21,25H,9-10,12-17,22H2,1-4H3;2-5,8,15-18,22,31H,6-7,9-14,19H2,1H3. The molecule has 16 nitrogen and oxygen atoms in total. The van der Waals surface area contributed by atoms with E-state index in [1.807, 2.05) is 69.8 Å². The molecule has 18 heteroatoms. The zero-order valence-electron chi connectivity index (χ0n) is 47.0. The van der Waals surface area contributed by atoms with E-state index in [1.165, 1.54) is 5.56 Å². The highest BCUT2D eigenvalue weighted by Gasteiger charge is 2.32. The first-order chi connectivity index (χ1) is 39.3. The minimum atomic E-state index is -0.591. The predicted octanol–water partition coefficient (Wildman–Crippen LogP) is 10.6. The molecule has 1 N–H and O–H groups in total. The van der Waals surface area contributed by atoms with Crippen LogP contribution in [0.2, 0.25) is 0 Å². The molecule has 0 bridgehead atoms. The van der Waals surface area contributed by atoms with Crippen molar-refractivity contribution in [2.75, 3.05) is 65.7 Å². The van der Waals surface area contributed by atoms with Gasteiger partial charge >= 0.3 is 6.09 Å². The molecule has 4 aliphatic heterocycles. The van der Waals surface area contributed by atoms with Crippen molar-refractivity contribution >= 4 is 50.6 Å². The van der Waals surface area contributed by atoms with Crippen LogP contribution in [0.25, 0.3) is 42.9 Å². The minimum absolute atomic E-state index is 0.0151. The van der Waals surface area contributed by atoms with Gasteiger partial charge < -0.3 is 52.8 Å². The van der Waals surface area contributed by atoms with Crippen molar-refractivity contribution in [3.63, 3.8) is 0 Å². The summed E-state index contributed by atoms with van der Waals surface area (Å²) in [4.78, 5) is 55.6. The fourth-order valence-corrected chi connectivity index (χ4v) is 12.6. The smallest absolute Gasteiger partial charge is 0.410 e. The number of aryl methyl sites for hydroxylation is 2. The minimum Gasteiger partial charge on any atom is -0.486 e. The number of fused-ring (bicyclic) bond motifs is 4. The Morgan fingerprint density at radius 2 is 1.10 bits per heavy atom. The zero-order chi connectivity index (χ0) is 56.0. The molecular formula is C63H72N8O8S2. The molecule has 424 valence electrons. The number of pyridine rings is 2. The van der Waals surface area contributed by atoms with Crippen molar-refractivity contribution in [3.05, 3.63) is 151 Å². The lowest BCUT2D eigenvalue weighted by molar-refractivity contribution is 0.00562. The fourth-order valence-electron chi connectivity index (χ4n) is 11.3. The highest BCUT2D eigenvalue weighted by atomic mass is 32.1. The van der Waals surface area contributed by atoms with Crippen molar-refractivity contribution < 1.29 is 28.5 Å². The molecule has 8 aromatic rings. The first-order valence-corrected chi connectivity index (χ1v) is 30.1. The number of rotatable bonds is 14. The number of benzene rings is 4. The highest BCUT2D eigenvalue weighted by Crippen LogP contribution is 2.35. The maximum atomic E-state index is 13.4. The molecule has 0 saturated carbocycles. The van der Waals surface area contributed by atoms with Gasteiger partial charge in [0.05, 0.1) is 11.0 Å². The van der Waals surface area contributed by atoms with Crippen LogP contribution in [-0.2, 0) is 30.9 Å².